The molecule has 0 saturated carbocycles. The Balaban J connectivity index is 1.75. The topological polar surface area (TPSA) is 66.4 Å². The first-order valence-corrected chi connectivity index (χ1v) is 5.85. The molecule has 0 aliphatic carbocycles. The number of hydrogen-bond donors (Lipinski definition) is 2. The van der Waals surface area contributed by atoms with Crippen LogP contribution in [0.1, 0.15) is 5.56 Å². The van der Waals surface area contributed by atoms with Gasteiger partial charge in [0.1, 0.15) is 0 Å². The van der Waals surface area contributed by atoms with E-state index < -0.39 is 0 Å². The zero-order chi connectivity index (χ0) is 13.3. The SMILES string of the molecule is O=C(CNc1ccccc1)N/N=C/c1ccncc1. The van der Waals surface area contributed by atoms with Crippen LogP contribution >= 0.6 is 0 Å². The number of nitrogens with zero attached hydrogens (tertiary/aromatic N) is 2. The van der Waals surface area contributed by atoms with Gasteiger partial charge in [-0.1, -0.05) is 18.2 Å². The molecule has 19 heavy (non-hydrogen) atoms. The molecule has 1 aromatic heterocycles. The first kappa shape index (κ1) is 12.8. The molecule has 0 atom stereocenters. The summed E-state index contributed by atoms with van der Waals surface area (Å²) in [5, 5.41) is 6.86. The Hall–Kier alpha value is -2.69. The summed E-state index contributed by atoms with van der Waals surface area (Å²) >= 11 is 0. The van der Waals surface area contributed by atoms with E-state index >= 15 is 0 Å². The molecule has 0 aliphatic rings. The summed E-state index contributed by atoms with van der Waals surface area (Å²) in [7, 11) is 0. The van der Waals surface area contributed by atoms with E-state index in [1.54, 1.807) is 30.7 Å². The zero-order valence-corrected chi connectivity index (χ0v) is 10.3. The van der Waals surface area contributed by atoms with Crippen LogP contribution in [0.5, 0.6) is 0 Å². The lowest BCUT2D eigenvalue weighted by molar-refractivity contribution is -0.119. The lowest BCUT2D eigenvalue weighted by Crippen LogP contribution is -2.25. The molecule has 2 aromatic rings. The third-order valence-corrected chi connectivity index (χ3v) is 2.34. The van der Waals surface area contributed by atoms with Crippen molar-refractivity contribution < 1.29 is 4.79 Å². The standard InChI is InChI=1S/C14H14N4O/c19-14(11-16-13-4-2-1-3-5-13)18-17-10-12-6-8-15-9-7-12/h1-10,16H,11H2,(H,18,19)/b17-10+. The number of pyridine rings is 1. The smallest absolute Gasteiger partial charge is 0.259 e. The first-order chi connectivity index (χ1) is 9.34. The Morgan fingerprint density at radius 1 is 1.16 bits per heavy atom. The third-order valence-electron chi connectivity index (χ3n) is 2.34. The highest BCUT2D eigenvalue weighted by atomic mass is 16.2. The van der Waals surface area contributed by atoms with E-state index in [-0.39, 0.29) is 12.5 Å². The summed E-state index contributed by atoms with van der Waals surface area (Å²) in [6, 6.07) is 13.1. The van der Waals surface area contributed by atoms with E-state index in [9.17, 15) is 4.79 Å². The Morgan fingerprint density at radius 2 is 1.89 bits per heavy atom. The van der Waals surface area contributed by atoms with Gasteiger partial charge < -0.3 is 5.32 Å². The molecule has 0 saturated heterocycles. The van der Waals surface area contributed by atoms with Crippen LogP contribution in [0.25, 0.3) is 0 Å². The molecule has 0 radical (unpaired) electrons. The van der Waals surface area contributed by atoms with E-state index in [0.29, 0.717) is 0 Å². The van der Waals surface area contributed by atoms with E-state index in [1.807, 2.05) is 30.3 Å². The van der Waals surface area contributed by atoms with Gasteiger partial charge in [0, 0.05) is 18.1 Å². The normalized spacial score (nSPS) is 10.3. The number of rotatable bonds is 5. The van der Waals surface area contributed by atoms with Gasteiger partial charge in [0.25, 0.3) is 5.91 Å². The second-order valence-electron chi connectivity index (χ2n) is 3.79. The van der Waals surface area contributed by atoms with Crippen LogP contribution < -0.4 is 10.7 Å². The Morgan fingerprint density at radius 3 is 2.63 bits per heavy atom. The van der Waals surface area contributed by atoms with Crippen molar-refractivity contribution in [3.63, 3.8) is 0 Å². The average Bonchev–Trinajstić information content (AvgIpc) is 2.47. The quantitative estimate of drug-likeness (QED) is 0.629. The minimum absolute atomic E-state index is 0.178. The van der Waals surface area contributed by atoms with Crippen LogP contribution in [-0.2, 0) is 4.79 Å². The second kappa shape index (κ2) is 6.90. The number of hydrazone groups is 1. The van der Waals surface area contributed by atoms with Crippen molar-refractivity contribution in [2.75, 3.05) is 11.9 Å². The number of carbonyl (C=O) groups is 1. The fourth-order valence-electron chi connectivity index (χ4n) is 1.41. The summed E-state index contributed by atoms with van der Waals surface area (Å²) < 4.78 is 0. The van der Waals surface area contributed by atoms with Gasteiger partial charge in [-0.25, -0.2) is 5.43 Å². The predicted molar refractivity (Wildman–Crippen MR) is 74.9 cm³/mol. The molecular formula is C14H14N4O. The van der Waals surface area contributed by atoms with Gasteiger partial charge in [0.05, 0.1) is 12.8 Å². The minimum Gasteiger partial charge on any atom is -0.376 e. The van der Waals surface area contributed by atoms with Crippen LogP contribution in [0.15, 0.2) is 60.0 Å². The molecule has 0 unspecified atom stereocenters. The molecule has 0 aliphatic heterocycles. The zero-order valence-electron chi connectivity index (χ0n) is 10.3. The summed E-state index contributed by atoms with van der Waals surface area (Å²) in [6.45, 7) is 0.178. The Bertz CT molecular complexity index is 540. The Kier molecular flexibility index (Phi) is 4.64. The predicted octanol–water partition coefficient (Wildman–Crippen LogP) is 1.64. The van der Waals surface area contributed by atoms with Crippen molar-refractivity contribution in [2.24, 2.45) is 5.10 Å². The molecule has 5 heteroatoms. The minimum atomic E-state index is -0.200. The van der Waals surface area contributed by atoms with Gasteiger partial charge in [0.15, 0.2) is 0 Å². The van der Waals surface area contributed by atoms with Crippen molar-refractivity contribution in [3.8, 4) is 0 Å². The number of anilines is 1. The van der Waals surface area contributed by atoms with Gasteiger partial charge in [-0.3, -0.25) is 9.78 Å². The summed E-state index contributed by atoms with van der Waals surface area (Å²) in [6.07, 6.45) is 4.91. The van der Waals surface area contributed by atoms with Crippen LogP contribution in [0.4, 0.5) is 5.69 Å². The van der Waals surface area contributed by atoms with Gasteiger partial charge in [-0.05, 0) is 29.8 Å². The number of aromatic nitrogens is 1. The highest BCUT2D eigenvalue weighted by molar-refractivity contribution is 5.84. The van der Waals surface area contributed by atoms with Crippen LogP contribution in [0, 0.1) is 0 Å². The summed E-state index contributed by atoms with van der Waals surface area (Å²) in [5.41, 5.74) is 4.23. The average molecular weight is 254 g/mol. The monoisotopic (exact) mass is 254 g/mol. The summed E-state index contributed by atoms with van der Waals surface area (Å²) in [5.74, 6) is -0.200. The van der Waals surface area contributed by atoms with Crippen molar-refractivity contribution >= 4 is 17.8 Å². The fourth-order valence-corrected chi connectivity index (χ4v) is 1.41. The molecule has 0 bridgehead atoms. The van der Waals surface area contributed by atoms with Crippen LogP contribution in [-0.4, -0.2) is 23.7 Å². The highest BCUT2D eigenvalue weighted by Gasteiger charge is 1.98. The maximum atomic E-state index is 11.5. The molecule has 96 valence electrons. The Labute approximate surface area is 111 Å². The van der Waals surface area contributed by atoms with Gasteiger partial charge in [-0.2, -0.15) is 5.10 Å². The lowest BCUT2D eigenvalue weighted by Gasteiger charge is -2.04. The van der Waals surface area contributed by atoms with Crippen molar-refractivity contribution in [1.82, 2.24) is 10.4 Å². The highest BCUT2D eigenvalue weighted by Crippen LogP contribution is 2.03. The van der Waals surface area contributed by atoms with E-state index in [2.05, 4.69) is 20.8 Å². The largest absolute Gasteiger partial charge is 0.376 e. The van der Waals surface area contributed by atoms with Gasteiger partial charge in [-0.15, -0.1) is 0 Å². The molecule has 5 nitrogen and oxygen atoms in total. The van der Waals surface area contributed by atoms with Crippen LogP contribution in [0.2, 0.25) is 0 Å². The van der Waals surface area contributed by atoms with Gasteiger partial charge in [0.2, 0.25) is 0 Å². The lowest BCUT2D eigenvalue weighted by atomic mass is 10.3. The van der Waals surface area contributed by atoms with Gasteiger partial charge >= 0.3 is 0 Å². The number of carbonyl (C=O) groups excluding carboxylic acids is 1. The molecule has 2 rings (SSSR count). The van der Waals surface area contributed by atoms with E-state index in [1.165, 1.54) is 0 Å². The number of benzene rings is 1. The maximum absolute atomic E-state index is 11.5. The number of amides is 1. The van der Waals surface area contributed by atoms with Crippen molar-refractivity contribution in [3.05, 3.63) is 60.4 Å². The molecule has 2 N–H and O–H groups in total. The van der Waals surface area contributed by atoms with Crippen molar-refractivity contribution in [2.45, 2.75) is 0 Å². The number of para-hydroxylation sites is 1. The molecule has 0 spiro atoms. The van der Waals surface area contributed by atoms with E-state index in [4.69, 9.17) is 0 Å². The number of nitrogens with one attached hydrogen (secondary N) is 2. The summed E-state index contributed by atoms with van der Waals surface area (Å²) in [4.78, 5) is 15.4. The number of hydrogen-bond acceptors (Lipinski definition) is 4. The third kappa shape index (κ3) is 4.59. The maximum Gasteiger partial charge on any atom is 0.259 e. The molecule has 1 aromatic carbocycles. The van der Waals surface area contributed by atoms with Crippen molar-refractivity contribution in [1.29, 1.82) is 0 Å². The first-order valence-electron chi connectivity index (χ1n) is 5.85. The molecule has 1 amide bonds. The molecule has 0 fully saturated rings. The molecule has 1 heterocycles. The second-order valence-corrected chi connectivity index (χ2v) is 3.79. The fraction of sp³-hybridized carbons (Fsp3) is 0.0714. The van der Waals surface area contributed by atoms with E-state index in [0.717, 1.165) is 11.3 Å². The van der Waals surface area contributed by atoms with Crippen LogP contribution in [0.3, 0.4) is 0 Å². The molecular weight excluding hydrogens is 240 g/mol.